The van der Waals surface area contributed by atoms with E-state index < -0.39 is 212 Å². The normalized spacial score (nSPS) is 27.6. The van der Waals surface area contributed by atoms with Crippen LogP contribution >= 0.6 is 0 Å². The summed E-state index contributed by atoms with van der Waals surface area (Å²) in [6.07, 6.45) is -3.79. The summed E-state index contributed by atoms with van der Waals surface area (Å²) in [5, 5.41) is -2.03. The Kier molecular flexibility index (Phi) is 2.84. The van der Waals surface area contributed by atoms with Gasteiger partial charge in [-0.05, 0) is 57.5 Å². The Morgan fingerprint density at radius 2 is 1.46 bits per heavy atom. The highest BCUT2D eigenvalue weighted by Gasteiger charge is 2.17. The lowest BCUT2D eigenvalue weighted by molar-refractivity contribution is 0.630. The van der Waals surface area contributed by atoms with Gasteiger partial charge in [-0.25, -0.2) is 0 Å². The van der Waals surface area contributed by atoms with Crippen LogP contribution in [-0.2, 0) is 0 Å². The highest BCUT2D eigenvalue weighted by molar-refractivity contribution is 6.02. The summed E-state index contributed by atoms with van der Waals surface area (Å²) in [6.45, 7) is 0.782. The molecule has 0 spiro atoms. The predicted molar refractivity (Wildman–Crippen MR) is 177 cm³/mol. The Labute approximate surface area is 278 Å². The van der Waals surface area contributed by atoms with Crippen LogP contribution < -0.4 is 0 Å². The van der Waals surface area contributed by atoms with Gasteiger partial charge in [0, 0.05) is 19.3 Å². The van der Waals surface area contributed by atoms with E-state index in [0.29, 0.717) is 19.2 Å². The van der Waals surface area contributed by atoms with Crippen LogP contribution in [-0.4, -0.2) is 0 Å². The Morgan fingerprint density at radius 1 is 0.780 bits per heavy atom. The van der Waals surface area contributed by atoms with Crippen molar-refractivity contribution in [3.8, 4) is 11.3 Å². The third kappa shape index (κ3) is 5.48. The van der Waals surface area contributed by atoms with Crippen molar-refractivity contribution in [2.45, 2.75) is 12.8 Å². The molecule has 4 aromatic carbocycles. The first-order valence-electron chi connectivity index (χ1n) is 25.1. The highest BCUT2D eigenvalue weighted by Crippen LogP contribution is 2.38. The van der Waals surface area contributed by atoms with Crippen molar-refractivity contribution >= 4 is 38.5 Å². The summed E-state index contributed by atoms with van der Waals surface area (Å²) >= 11 is 0. The minimum Gasteiger partial charge on any atom is -0.455 e. The molecule has 2 atom stereocenters. The summed E-state index contributed by atoms with van der Waals surface area (Å²) in [4.78, 5) is 0. The summed E-state index contributed by atoms with van der Waals surface area (Å²) in [5.41, 5.74) is -5.67. The molecule has 6 rings (SSSR count). The lowest BCUT2D eigenvalue weighted by Gasteiger charge is -2.13. The maximum absolute atomic E-state index is 9.45. The molecule has 5 aromatic rings. The van der Waals surface area contributed by atoms with E-state index in [1.165, 1.54) is 0 Å². The first kappa shape index (κ1) is 9.75. The zero-order valence-corrected chi connectivity index (χ0v) is 20.9. The second-order valence-electron chi connectivity index (χ2n) is 8.13. The topological polar surface area (TPSA) is 13.1 Å². The lowest BCUT2D eigenvalue weighted by Crippen LogP contribution is -1.90. The van der Waals surface area contributed by atoms with Crippen molar-refractivity contribution in [1.29, 1.82) is 0 Å². The van der Waals surface area contributed by atoms with Crippen LogP contribution in [0.4, 0.5) is 0 Å². The van der Waals surface area contributed by atoms with Gasteiger partial charge in [-0.3, -0.25) is 0 Å². The zero-order chi connectivity index (χ0) is 50.3. The number of para-hydroxylation sites is 1. The van der Waals surface area contributed by atoms with Gasteiger partial charge in [0.15, 0.2) is 0 Å². The molecule has 0 bridgehead atoms. The molecule has 41 heavy (non-hydrogen) atoms. The van der Waals surface area contributed by atoms with E-state index in [9.17, 15) is 4.11 Å². The number of allylic oxidation sites excluding steroid dienone is 8. The summed E-state index contributed by atoms with van der Waals surface area (Å²) < 4.78 is 231. The number of hydrogen-bond donors (Lipinski definition) is 0. The molecule has 0 fully saturated rings. The molecule has 1 nitrogen and oxygen atoms in total. The van der Waals surface area contributed by atoms with Gasteiger partial charge in [0.2, 0.25) is 0 Å². The third-order valence-electron chi connectivity index (χ3n) is 5.71. The third-order valence-corrected chi connectivity index (χ3v) is 5.71. The van der Waals surface area contributed by atoms with Gasteiger partial charge in [-0.15, -0.1) is 0 Å². The molecule has 1 heterocycles. The van der Waals surface area contributed by atoms with Gasteiger partial charge in [-0.1, -0.05) is 152 Å². The van der Waals surface area contributed by atoms with E-state index in [4.69, 9.17) is 35.9 Å². The van der Waals surface area contributed by atoms with E-state index in [1.54, 1.807) is 0 Å². The molecule has 0 aliphatic heterocycles. The van der Waals surface area contributed by atoms with Gasteiger partial charge in [0.25, 0.3) is 0 Å². The van der Waals surface area contributed by atoms with Crippen molar-refractivity contribution in [3.05, 3.63) is 175 Å². The molecule has 198 valence electrons. The molecule has 2 unspecified atom stereocenters. The van der Waals surface area contributed by atoms with Crippen LogP contribution in [0.2, 0.25) is 0 Å². The fourth-order valence-corrected chi connectivity index (χ4v) is 3.92. The quantitative estimate of drug-likeness (QED) is 0.190. The van der Waals surface area contributed by atoms with E-state index in [-0.39, 0.29) is 0 Å². The average Bonchev–Trinajstić information content (AvgIpc) is 3.68. The van der Waals surface area contributed by atoms with Crippen molar-refractivity contribution in [2.75, 3.05) is 0 Å². The number of fused-ring (bicyclic) bond motifs is 2. The van der Waals surface area contributed by atoms with Crippen molar-refractivity contribution in [2.24, 2.45) is 0 Å². The molecule has 0 saturated carbocycles. The van der Waals surface area contributed by atoms with Crippen LogP contribution in [0.5, 0.6) is 0 Å². The van der Waals surface area contributed by atoms with Gasteiger partial charge in [0.05, 0.1) is 32.9 Å². The fraction of sp³-hybridized carbons (Fsp3) is 0.0500. The van der Waals surface area contributed by atoms with E-state index in [0.717, 1.165) is 6.07 Å². The highest BCUT2D eigenvalue weighted by atomic mass is 16.3. The molecule has 0 N–H and O–H groups in total. The number of rotatable bonds is 6. The van der Waals surface area contributed by atoms with Crippen molar-refractivity contribution < 1.29 is 40.1 Å². The molecule has 0 amide bonds. The summed E-state index contributed by atoms with van der Waals surface area (Å²) in [6, 6.07) is -18.9. The van der Waals surface area contributed by atoms with Crippen molar-refractivity contribution in [3.63, 3.8) is 0 Å². The lowest BCUT2D eigenvalue weighted by atomic mass is 9.92. The predicted octanol–water partition coefficient (Wildman–Crippen LogP) is 11.4. The summed E-state index contributed by atoms with van der Waals surface area (Å²) in [5.74, 6) is -0.766. The van der Waals surface area contributed by atoms with Gasteiger partial charge in [0.1, 0.15) is 11.3 Å². The maximum atomic E-state index is 9.45. The number of furan rings is 1. The Morgan fingerprint density at radius 3 is 2.29 bits per heavy atom. The Balaban J connectivity index is 1.86. The van der Waals surface area contributed by atoms with E-state index in [2.05, 4.69) is 0 Å². The standard InChI is InChI=1S/C40H32O/c1-29(27-28-30(2)39-37-25-15-16-26-38(37)41-40(39)32-19-9-6-10-20-32)33-21-11-3-4-12-22-34(31-17-7-5-8-18-31)36-24-14-13-23-35(33)36/h3-7,9-17,19-28H,1-2,8,18H2/b4-3?,11-3?,12-4?,21-11?,22-12?,28-27-,33-21?,34-22?,35-33?,36-34?/i1D,2D,3D,4D,5D,6D,7D,8D,9D,10D,11D,12D,13D,14D,15D,16D,17D,18D,19D,20D,23D,24D,25D,26D,27D,28D/b4-3?,11-3?,12-4?,21-11?,22-12?,28-27-,29-1?,30-2?,33-21?,34-22?,35-33?,36-34?. The first-order valence-corrected chi connectivity index (χ1v) is 11.8. The molecular formula is C40H32O. The van der Waals surface area contributed by atoms with Crippen LogP contribution in [0.1, 0.15) is 65.1 Å². The molecular weight excluding hydrogens is 496 g/mol. The van der Waals surface area contributed by atoms with E-state index in [1.807, 2.05) is 0 Å². The van der Waals surface area contributed by atoms with Gasteiger partial charge >= 0.3 is 0 Å². The zero-order valence-electron chi connectivity index (χ0n) is 46.9. The van der Waals surface area contributed by atoms with Gasteiger partial charge < -0.3 is 4.42 Å². The molecule has 1 aliphatic rings. The van der Waals surface area contributed by atoms with E-state index >= 15 is 0 Å². The van der Waals surface area contributed by atoms with Crippen LogP contribution in [0.25, 0.3) is 49.8 Å². The molecule has 0 radical (unpaired) electrons. The average molecular weight is 555 g/mol. The second-order valence-corrected chi connectivity index (χ2v) is 8.13. The SMILES string of the molecule is [2H]C=C(/C([2H])=C(/[2H])C(=C[2H])c1cc([2H])c([2H])c([2H])c([2H])cc(C2=C([2H])C([2H])=C([2H])C([2H])C2[2H])c2c([2H])c([2H])c([2H])c([2H])c12)c1c(-c2c([2H])c([2H])c([2H])c([2H])c2[2H])oc2c([2H])c([2H])c([2H])c([2H])c12. The monoisotopic (exact) mass is 554 g/mol. The minimum atomic E-state index is -1.94. The fourth-order valence-electron chi connectivity index (χ4n) is 3.92. The van der Waals surface area contributed by atoms with Crippen LogP contribution in [0, 0.1) is 0 Å². The number of hydrogen-bond acceptors (Lipinski definition) is 1. The van der Waals surface area contributed by atoms with Crippen molar-refractivity contribution in [1.82, 2.24) is 0 Å². The largest absolute Gasteiger partial charge is 0.455 e. The van der Waals surface area contributed by atoms with Gasteiger partial charge in [-0.2, -0.15) is 0 Å². The summed E-state index contributed by atoms with van der Waals surface area (Å²) in [7, 11) is 0. The molecule has 1 aromatic heterocycles. The molecule has 1 heteroatoms. The second kappa shape index (κ2) is 11.9. The number of benzene rings is 3. The molecule has 0 saturated heterocycles. The van der Waals surface area contributed by atoms with Crippen LogP contribution in [0.15, 0.2) is 163 Å². The first-order chi connectivity index (χ1) is 31.2. The Hall–Kier alpha value is -5.14. The smallest absolute Gasteiger partial charge is 0.143 e. The minimum absolute atomic E-state index is 0.380. The van der Waals surface area contributed by atoms with Crippen LogP contribution in [0.3, 0.4) is 0 Å². The maximum Gasteiger partial charge on any atom is 0.143 e. The Bertz CT molecular complexity index is 3230. The molecule has 1 aliphatic carbocycles.